The molecule has 0 aromatic heterocycles. The van der Waals surface area contributed by atoms with Crippen LogP contribution in [0.15, 0.2) is 42.5 Å². The number of aryl methyl sites for hydroxylation is 3. The van der Waals surface area contributed by atoms with Gasteiger partial charge in [0.05, 0.1) is 0 Å². The van der Waals surface area contributed by atoms with Crippen molar-refractivity contribution in [2.24, 2.45) is 5.73 Å². The Hall–Kier alpha value is -3.88. The Labute approximate surface area is 230 Å². The van der Waals surface area contributed by atoms with Crippen LogP contribution in [0.2, 0.25) is 0 Å². The normalized spacial score (nSPS) is 14.6. The summed E-state index contributed by atoms with van der Waals surface area (Å²) < 4.78 is 5.38. The molecule has 0 spiro atoms. The summed E-state index contributed by atoms with van der Waals surface area (Å²) in [6.07, 6.45) is 0.525. The fourth-order valence-corrected chi connectivity index (χ4v) is 4.56. The van der Waals surface area contributed by atoms with E-state index >= 15 is 0 Å². The molecule has 4 amide bonds. The molecule has 4 N–H and O–H groups in total. The lowest BCUT2D eigenvalue weighted by molar-refractivity contribution is -0.141. The van der Waals surface area contributed by atoms with Crippen molar-refractivity contribution < 1.29 is 23.9 Å². The molecule has 1 saturated carbocycles. The minimum atomic E-state index is -1.10. The molecule has 1 aliphatic carbocycles. The summed E-state index contributed by atoms with van der Waals surface area (Å²) in [6, 6.07) is 11.0. The Bertz CT molecular complexity index is 1210. The number of primary amides is 1. The van der Waals surface area contributed by atoms with Crippen LogP contribution in [0.5, 0.6) is 0 Å². The second-order valence-electron chi connectivity index (χ2n) is 11.3. The zero-order valence-electron chi connectivity index (χ0n) is 23.7. The fourth-order valence-electron chi connectivity index (χ4n) is 4.56. The van der Waals surface area contributed by atoms with Crippen LogP contribution in [0, 0.1) is 20.8 Å². The number of hydrogen-bond donors (Lipinski definition) is 3. The van der Waals surface area contributed by atoms with Crippen molar-refractivity contribution in [3.63, 3.8) is 0 Å². The molecular formula is C30H40N4O5. The van der Waals surface area contributed by atoms with Gasteiger partial charge in [0, 0.05) is 18.2 Å². The van der Waals surface area contributed by atoms with Gasteiger partial charge in [0.2, 0.25) is 11.8 Å². The van der Waals surface area contributed by atoms with E-state index in [4.69, 9.17) is 10.5 Å². The molecule has 0 aliphatic heterocycles. The smallest absolute Gasteiger partial charge is 0.408 e. The Balaban J connectivity index is 2.03. The second kappa shape index (κ2) is 12.3. The highest BCUT2D eigenvalue weighted by Crippen LogP contribution is 2.37. The van der Waals surface area contributed by atoms with E-state index in [1.54, 1.807) is 25.7 Å². The van der Waals surface area contributed by atoms with Crippen molar-refractivity contribution in [3.05, 3.63) is 64.7 Å². The lowest BCUT2D eigenvalue weighted by Gasteiger charge is -2.35. The van der Waals surface area contributed by atoms with Crippen molar-refractivity contribution in [1.82, 2.24) is 10.2 Å². The molecule has 0 saturated heterocycles. The summed E-state index contributed by atoms with van der Waals surface area (Å²) >= 11 is 0. The van der Waals surface area contributed by atoms with Gasteiger partial charge in [-0.2, -0.15) is 0 Å². The topological polar surface area (TPSA) is 131 Å². The molecule has 2 atom stereocenters. The van der Waals surface area contributed by atoms with Gasteiger partial charge in [-0.05, 0) is 78.0 Å². The third-order valence-corrected chi connectivity index (χ3v) is 6.35. The molecule has 2 unspecified atom stereocenters. The Morgan fingerprint density at radius 3 is 2.18 bits per heavy atom. The monoisotopic (exact) mass is 536 g/mol. The van der Waals surface area contributed by atoms with Crippen molar-refractivity contribution in [3.8, 4) is 0 Å². The third kappa shape index (κ3) is 8.56. The average molecular weight is 537 g/mol. The van der Waals surface area contributed by atoms with Crippen LogP contribution >= 0.6 is 0 Å². The number of nitrogens with two attached hydrogens (primary N) is 1. The number of hydrogen-bond acceptors (Lipinski definition) is 5. The van der Waals surface area contributed by atoms with Crippen molar-refractivity contribution in [2.75, 3.05) is 5.32 Å². The highest BCUT2D eigenvalue weighted by Gasteiger charge is 2.44. The highest BCUT2D eigenvalue weighted by molar-refractivity contribution is 5.99. The number of amides is 4. The molecule has 210 valence electrons. The molecule has 1 fully saturated rings. The van der Waals surface area contributed by atoms with Gasteiger partial charge in [0.25, 0.3) is 5.91 Å². The van der Waals surface area contributed by atoms with Crippen molar-refractivity contribution in [1.29, 1.82) is 0 Å². The Morgan fingerprint density at radius 1 is 1.03 bits per heavy atom. The van der Waals surface area contributed by atoms with Gasteiger partial charge in [-0.25, -0.2) is 4.79 Å². The molecule has 2 aromatic rings. The summed E-state index contributed by atoms with van der Waals surface area (Å²) in [6.45, 7) is 10.9. The second-order valence-corrected chi connectivity index (χ2v) is 11.3. The maximum absolute atomic E-state index is 14.2. The van der Waals surface area contributed by atoms with Crippen LogP contribution in [0.1, 0.15) is 74.8 Å². The largest absolute Gasteiger partial charge is 0.444 e. The quantitative estimate of drug-likeness (QED) is 0.413. The fraction of sp³-hybridized carbons (Fsp3) is 0.467. The Morgan fingerprint density at radius 2 is 1.64 bits per heavy atom. The predicted octanol–water partition coefficient (Wildman–Crippen LogP) is 4.44. The van der Waals surface area contributed by atoms with E-state index in [1.807, 2.05) is 63.2 Å². The standard InChI is InChI=1S/C30H40N4O5/c1-18-15-19(2)17-21(16-18)26(27(36)32-23-10-8-7-9-20(23)3)34(22-11-12-22)28(37)24(13-14-25(31)35)33-29(38)39-30(4,5)6/h7-10,15-17,22,24,26H,11-14H2,1-6H3,(H2,31,35)(H,32,36)(H,33,38). The number of carbonyl (C=O) groups excluding carboxylic acids is 4. The molecule has 9 heteroatoms. The van der Waals surface area contributed by atoms with E-state index in [1.165, 1.54) is 0 Å². The number of para-hydroxylation sites is 1. The van der Waals surface area contributed by atoms with E-state index in [2.05, 4.69) is 10.6 Å². The molecule has 1 aliphatic rings. The van der Waals surface area contributed by atoms with Crippen LogP contribution in [0.4, 0.5) is 10.5 Å². The number of nitrogens with one attached hydrogen (secondary N) is 2. The van der Waals surface area contributed by atoms with Gasteiger partial charge < -0.3 is 26.0 Å². The summed E-state index contributed by atoms with van der Waals surface area (Å²) in [5.74, 6) is -1.42. The number of ether oxygens (including phenoxy) is 1. The predicted molar refractivity (Wildman–Crippen MR) is 150 cm³/mol. The molecule has 0 bridgehead atoms. The molecular weight excluding hydrogens is 496 g/mol. The van der Waals surface area contributed by atoms with E-state index in [9.17, 15) is 19.2 Å². The highest BCUT2D eigenvalue weighted by atomic mass is 16.6. The van der Waals surface area contributed by atoms with Crippen LogP contribution in [0.3, 0.4) is 0 Å². The average Bonchev–Trinajstić information content (AvgIpc) is 3.64. The third-order valence-electron chi connectivity index (χ3n) is 6.35. The molecule has 3 rings (SSSR count). The lowest BCUT2D eigenvalue weighted by Crippen LogP contribution is -2.53. The first kappa shape index (κ1) is 29.7. The van der Waals surface area contributed by atoms with Crippen molar-refractivity contribution in [2.45, 2.75) is 91.0 Å². The summed E-state index contributed by atoms with van der Waals surface area (Å²) in [5.41, 5.74) is 8.72. The van der Waals surface area contributed by atoms with E-state index < -0.39 is 35.6 Å². The number of rotatable bonds is 10. The zero-order valence-corrected chi connectivity index (χ0v) is 23.7. The minimum Gasteiger partial charge on any atom is -0.444 e. The van der Waals surface area contributed by atoms with Gasteiger partial charge in [0.15, 0.2) is 0 Å². The summed E-state index contributed by atoms with van der Waals surface area (Å²) in [4.78, 5) is 54.0. The number of nitrogens with zero attached hydrogens (tertiary/aromatic N) is 1. The maximum atomic E-state index is 14.2. The number of carbonyl (C=O) groups is 4. The number of alkyl carbamates (subject to hydrolysis) is 1. The first-order valence-corrected chi connectivity index (χ1v) is 13.3. The van der Waals surface area contributed by atoms with E-state index in [-0.39, 0.29) is 24.8 Å². The number of benzene rings is 2. The van der Waals surface area contributed by atoms with E-state index in [0.29, 0.717) is 11.3 Å². The lowest BCUT2D eigenvalue weighted by atomic mass is 9.97. The molecule has 9 nitrogen and oxygen atoms in total. The van der Waals surface area contributed by atoms with Gasteiger partial charge in [0.1, 0.15) is 17.7 Å². The van der Waals surface area contributed by atoms with Crippen LogP contribution in [-0.4, -0.2) is 46.4 Å². The van der Waals surface area contributed by atoms with Crippen LogP contribution < -0.4 is 16.4 Å². The zero-order chi connectivity index (χ0) is 28.9. The van der Waals surface area contributed by atoms with Gasteiger partial charge in [-0.3, -0.25) is 14.4 Å². The van der Waals surface area contributed by atoms with Gasteiger partial charge in [-0.15, -0.1) is 0 Å². The summed E-state index contributed by atoms with van der Waals surface area (Å²) in [7, 11) is 0. The van der Waals surface area contributed by atoms with Gasteiger partial charge in [-0.1, -0.05) is 47.5 Å². The first-order chi connectivity index (χ1) is 18.2. The number of anilines is 1. The molecule has 39 heavy (non-hydrogen) atoms. The minimum absolute atomic E-state index is 0.0182. The van der Waals surface area contributed by atoms with Crippen LogP contribution in [0.25, 0.3) is 0 Å². The molecule has 0 heterocycles. The molecule has 2 aromatic carbocycles. The first-order valence-electron chi connectivity index (χ1n) is 13.3. The van der Waals surface area contributed by atoms with Crippen LogP contribution in [-0.2, 0) is 19.1 Å². The summed E-state index contributed by atoms with van der Waals surface area (Å²) in [5, 5.41) is 5.63. The Kier molecular flexibility index (Phi) is 9.37. The molecule has 0 radical (unpaired) electrons. The maximum Gasteiger partial charge on any atom is 0.408 e. The SMILES string of the molecule is Cc1cc(C)cc(C(C(=O)Nc2ccccc2C)N(C(=O)C(CCC(N)=O)NC(=O)OC(C)(C)C)C2CC2)c1. The van der Waals surface area contributed by atoms with Crippen molar-refractivity contribution >= 4 is 29.5 Å². The van der Waals surface area contributed by atoms with E-state index in [0.717, 1.165) is 29.5 Å². The van der Waals surface area contributed by atoms with Gasteiger partial charge >= 0.3 is 6.09 Å².